The molecule has 0 radical (unpaired) electrons. The predicted molar refractivity (Wildman–Crippen MR) is 120 cm³/mol. The number of nitrogens with one attached hydrogen (secondary N) is 2. The first-order valence-electron chi connectivity index (χ1n) is 10.3. The lowest BCUT2D eigenvalue weighted by atomic mass is 10.2. The number of carbonyl (C=O) groups is 2. The van der Waals surface area contributed by atoms with Crippen LogP contribution in [0.5, 0.6) is 0 Å². The number of hydrogen-bond donors (Lipinski definition) is 2. The molecule has 2 aromatic rings. The van der Waals surface area contributed by atoms with E-state index in [0.717, 1.165) is 48.9 Å². The zero-order valence-electron chi connectivity index (χ0n) is 17.7. The van der Waals surface area contributed by atoms with Gasteiger partial charge in [-0.3, -0.25) is 14.5 Å². The molecule has 0 atom stereocenters. The van der Waals surface area contributed by atoms with Gasteiger partial charge in [0.15, 0.2) is 0 Å². The number of aryl methyl sites for hydroxylation is 1. The Hall–Kier alpha value is -2.90. The Morgan fingerprint density at radius 2 is 1.40 bits per heavy atom. The summed E-state index contributed by atoms with van der Waals surface area (Å²) in [6.45, 7) is 8.08. The molecule has 7 heteroatoms. The second kappa shape index (κ2) is 10.8. The summed E-state index contributed by atoms with van der Waals surface area (Å²) in [4.78, 5) is 28.8. The predicted octanol–water partition coefficient (Wildman–Crippen LogP) is 2.73. The standard InChI is InChI=1S/C23H30N4O3/c1-3-26(16-22(28)24-19-6-4-18(2)5-7-19)17-23(29)25-20-8-10-21(11-9-20)27-12-14-30-15-13-27/h4-11H,3,12-17H2,1-2H3,(H,24,28)(H,25,29). The molecule has 30 heavy (non-hydrogen) atoms. The molecule has 2 aromatic carbocycles. The number of carbonyl (C=O) groups excluding carboxylic acids is 2. The number of anilines is 3. The van der Waals surface area contributed by atoms with Gasteiger partial charge in [0, 0.05) is 30.2 Å². The Balaban J connectivity index is 1.47. The van der Waals surface area contributed by atoms with Gasteiger partial charge < -0.3 is 20.3 Å². The van der Waals surface area contributed by atoms with E-state index in [0.29, 0.717) is 6.54 Å². The highest BCUT2D eigenvalue weighted by atomic mass is 16.5. The summed E-state index contributed by atoms with van der Waals surface area (Å²) in [7, 11) is 0. The van der Waals surface area contributed by atoms with Crippen molar-refractivity contribution in [3.8, 4) is 0 Å². The molecule has 0 unspecified atom stereocenters. The molecular formula is C23H30N4O3. The first-order chi connectivity index (χ1) is 14.5. The lowest BCUT2D eigenvalue weighted by Crippen LogP contribution is -2.38. The molecular weight excluding hydrogens is 380 g/mol. The Kier molecular flexibility index (Phi) is 7.82. The van der Waals surface area contributed by atoms with Crippen LogP contribution < -0.4 is 15.5 Å². The molecule has 0 spiro atoms. The second-order valence-corrected chi connectivity index (χ2v) is 7.41. The molecule has 0 aromatic heterocycles. The van der Waals surface area contributed by atoms with E-state index in [4.69, 9.17) is 4.74 Å². The van der Waals surface area contributed by atoms with E-state index < -0.39 is 0 Å². The summed E-state index contributed by atoms with van der Waals surface area (Å²) in [6.07, 6.45) is 0. The van der Waals surface area contributed by atoms with Gasteiger partial charge in [0.1, 0.15) is 0 Å². The maximum Gasteiger partial charge on any atom is 0.238 e. The van der Waals surface area contributed by atoms with E-state index >= 15 is 0 Å². The topological polar surface area (TPSA) is 73.9 Å². The summed E-state index contributed by atoms with van der Waals surface area (Å²) in [5, 5.41) is 5.78. The molecule has 2 N–H and O–H groups in total. The molecule has 3 rings (SSSR count). The molecule has 2 amide bonds. The molecule has 1 saturated heterocycles. The monoisotopic (exact) mass is 410 g/mol. The Labute approximate surface area is 178 Å². The van der Waals surface area contributed by atoms with Gasteiger partial charge in [0.05, 0.1) is 26.3 Å². The van der Waals surface area contributed by atoms with Gasteiger partial charge in [-0.2, -0.15) is 0 Å². The van der Waals surface area contributed by atoms with Crippen molar-refractivity contribution in [3.63, 3.8) is 0 Å². The number of benzene rings is 2. The van der Waals surface area contributed by atoms with E-state index in [1.807, 2.05) is 62.4 Å². The summed E-state index contributed by atoms with van der Waals surface area (Å²) in [6, 6.07) is 15.5. The molecule has 0 saturated carbocycles. The lowest BCUT2D eigenvalue weighted by Gasteiger charge is -2.29. The van der Waals surface area contributed by atoms with Crippen LogP contribution in [-0.4, -0.2) is 62.7 Å². The average Bonchev–Trinajstić information content (AvgIpc) is 2.76. The van der Waals surface area contributed by atoms with Crippen molar-refractivity contribution in [2.24, 2.45) is 0 Å². The fourth-order valence-corrected chi connectivity index (χ4v) is 3.30. The van der Waals surface area contributed by atoms with E-state index in [1.54, 1.807) is 4.90 Å². The van der Waals surface area contributed by atoms with Crippen LogP contribution in [0.2, 0.25) is 0 Å². The zero-order valence-corrected chi connectivity index (χ0v) is 17.7. The van der Waals surface area contributed by atoms with E-state index in [2.05, 4.69) is 15.5 Å². The van der Waals surface area contributed by atoms with Crippen LogP contribution in [0.25, 0.3) is 0 Å². The van der Waals surface area contributed by atoms with E-state index in [-0.39, 0.29) is 24.9 Å². The highest BCUT2D eigenvalue weighted by molar-refractivity contribution is 5.94. The largest absolute Gasteiger partial charge is 0.378 e. The molecule has 1 fully saturated rings. The minimum atomic E-state index is -0.140. The molecule has 1 aliphatic rings. The van der Waals surface area contributed by atoms with E-state index in [9.17, 15) is 9.59 Å². The summed E-state index contributed by atoms with van der Waals surface area (Å²) in [5.41, 5.74) is 3.76. The zero-order chi connectivity index (χ0) is 21.3. The molecule has 0 bridgehead atoms. The van der Waals surface area contributed by atoms with Gasteiger partial charge in [-0.25, -0.2) is 0 Å². The quantitative estimate of drug-likeness (QED) is 0.700. The van der Waals surface area contributed by atoms with Crippen LogP contribution in [0.4, 0.5) is 17.1 Å². The molecule has 1 heterocycles. The Morgan fingerprint density at radius 3 is 1.90 bits per heavy atom. The van der Waals surface area contributed by atoms with Crippen LogP contribution >= 0.6 is 0 Å². The highest BCUT2D eigenvalue weighted by Gasteiger charge is 2.14. The fraction of sp³-hybridized carbons (Fsp3) is 0.391. The van der Waals surface area contributed by atoms with Crippen LogP contribution in [0.1, 0.15) is 12.5 Å². The second-order valence-electron chi connectivity index (χ2n) is 7.41. The number of nitrogens with zero attached hydrogens (tertiary/aromatic N) is 2. The SMILES string of the molecule is CCN(CC(=O)Nc1ccc(C)cc1)CC(=O)Nc1ccc(N2CCOCC2)cc1. The van der Waals surface area contributed by atoms with Crippen molar-refractivity contribution in [2.75, 3.05) is 61.5 Å². The Bertz CT molecular complexity index is 831. The first-order valence-corrected chi connectivity index (χ1v) is 10.3. The summed E-state index contributed by atoms with van der Waals surface area (Å²) in [5.74, 6) is -0.275. The van der Waals surface area contributed by atoms with Crippen LogP contribution in [-0.2, 0) is 14.3 Å². The molecule has 160 valence electrons. The first kappa shape index (κ1) is 21.8. The van der Waals surface area contributed by atoms with Gasteiger partial charge in [-0.05, 0) is 49.9 Å². The number of hydrogen-bond acceptors (Lipinski definition) is 5. The highest BCUT2D eigenvalue weighted by Crippen LogP contribution is 2.19. The van der Waals surface area contributed by atoms with Crippen LogP contribution in [0.3, 0.4) is 0 Å². The third-order valence-electron chi connectivity index (χ3n) is 5.04. The normalized spacial score (nSPS) is 13.9. The number of morpholine rings is 1. The summed E-state index contributed by atoms with van der Waals surface area (Å²) < 4.78 is 5.38. The van der Waals surface area contributed by atoms with Crippen molar-refractivity contribution in [3.05, 3.63) is 54.1 Å². The average molecular weight is 411 g/mol. The van der Waals surface area contributed by atoms with Crippen molar-refractivity contribution < 1.29 is 14.3 Å². The maximum atomic E-state index is 12.4. The maximum absolute atomic E-state index is 12.4. The third-order valence-corrected chi connectivity index (χ3v) is 5.04. The van der Waals surface area contributed by atoms with Crippen molar-refractivity contribution in [2.45, 2.75) is 13.8 Å². The number of ether oxygens (including phenoxy) is 1. The Morgan fingerprint density at radius 1 is 0.900 bits per heavy atom. The molecule has 7 nitrogen and oxygen atoms in total. The van der Waals surface area contributed by atoms with Crippen molar-refractivity contribution in [1.82, 2.24) is 4.90 Å². The van der Waals surface area contributed by atoms with Gasteiger partial charge >= 0.3 is 0 Å². The fourth-order valence-electron chi connectivity index (χ4n) is 3.30. The van der Waals surface area contributed by atoms with Gasteiger partial charge in [-0.1, -0.05) is 24.6 Å². The third kappa shape index (κ3) is 6.57. The van der Waals surface area contributed by atoms with Crippen LogP contribution in [0, 0.1) is 6.92 Å². The van der Waals surface area contributed by atoms with Crippen LogP contribution in [0.15, 0.2) is 48.5 Å². The molecule has 1 aliphatic heterocycles. The van der Waals surface area contributed by atoms with Crippen molar-refractivity contribution >= 4 is 28.9 Å². The van der Waals surface area contributed by atoms with Gasteiger partial charge in [0.25, 0.3) is 0 Å². The minimum Gasteiger partial charge on any atom is -0.378 e. The van der Waals surface area contributed by atoms with Gasteiger partial charge in [0.2, 0.25) is 11.8 Å². The summed E-state index contributed by atoms with van der Waals surface area (Å²) >= 11 is 0. The molecule has 0 aliphatic carbocycles. The smallest absolute Gasteiger partial charge is 0.238 e. The van der Waals surface area contributed by atoms with E-state index in [1.165, 1.54) is 0 Å². The van der Waals surface area contributed by atoms with Gasteiger partial charge in [-0.15, -0.1) is 0 Å². The minimum absolute atomic E-state index is 0.136. The lowest BCUT2D eigenvalue weighted by molar-refractivity contribution is -0.119. The van der Waals surface area contributed by atoms with Crippen molar-refractivity contribution in [1.29, 1.82) is 0 Å². The number of rotatable bonds is 8. The number of likely N-dealkylation sites (N-methyl/N-ethyl adjacent to an activating group) is 1. The number of amides is 2.